The molecule has 0 aliphatic carbocycles. The maximum Gasteiger partial charge on any atom is 0.240 e. The van der Waals surface area contributed by atoms with Gasteiger partial charge in [-0.05, 0) is 25.1 Å². The highest BCUT2D eigenvalue weighted by Crippen LogP contribution is 2.22. The van der Waals surface area contributed by atoms with E-state index >= 15 is 0 Å². The highest BCUT2D eigenvalue weighted by Gasteiger charge is 2.16. The van der Waals surface area contributed by atoms with Crippen LogP contribution in [0.5, 0.6) is 0 Å². The largest absolute Gasteiger partial charge is 0.380 e. The molecule has 1 N–H and O–H groups in total. The highest BCUT2D eigenvalue weighted by atomic mass is 35.5. The first-order valence-electron chi connectivity index (χ1n) is 4.83. The number of rotatable bonds is 5. The van der Waals surface area contributed by atoms with E-state index in [-0.39, 0.29) is 27.6 Å². The van der Waals surface area contributed by atoms with Gasteiger partial charge in [0.2, 0.25) is 10.0 Å². The van der Waals surface area contributed by atoms with Gasteiger partial charge < -0.3 is 4.74 Å². The second kappa shape index (κ2) is 6.02. The number of hydrogen-bond donors (Lipinski definition) is 1. The molecular weight excluding hydrogens is 285 g/mol. The average molecular weight is 298 g/mol. The molecule has 1 aromatic rings. The van der Waals surface area contributed by atoms with Gasteiger partial charge in [-0.3, -0.25) is 0 Å². The fraction of sp³-hybridized carbons (Fsp3) is 0.400. The number of benzene rings is 1. The van der Waals surface area contributed by atoms with Crippen LogP contribution in [0.3, 0.4) is 0 Å². The third-order valence-electron chi connectivity index (χ3n) is 2.11. The van der Waals surface area contributed by atoms with Gasteiger partial charge in [-0.1, -0.05) is 23.2 Å². The van der Waals surface area contributed by atoms with Gasteiger partial charge in [0.1, 0.15) is 0 Å². The quantitative estimate of drug-likeness (QED) is 0.907. The van der Waals surface area contributed by atoms with Crippen LogP contribution >= 0.6 is 23.2 Å². The number of methoxy groups -OCH3 is 1. The second-order valence-electron chi connectivity index (χ2n) is 3.50. The molecule has 1 atom stereocenters. The maximum atomic E-state index is 11.9. The lowest BCUT2D eigenvalue weighted by atomic mass is 10.4. The molecule has 0 amide bonds. The Morgan fingerprint density at radius 2 is 1.82 bits per heavy atom. The molecule has 0 fully saturated rings. The summed E-state index contributed by atoms with van der Waals surface area (Å²) in [5.74, 6) is 0. The van der Waals surface area contributed by atoms with Crippen LogP contribution in [0.15, 0.2) is 23.1 Å². The van der Waals surface area contributed by atoms with Crippen LogP contribution in [0.4, 0.5) is 0 Å². The smallest absolute Gasteiger partial charge is 0.240 e. The molecule has 0 bridgehead atoms. The molecule has 0 aliphatic rings. The molecule has 0 aliphatic heterocycles. The van der Waals surface area contributed by atoms with Crippen LogP contribution in [0, 0.1) is 0 Å². The Balaban J connectivity index is 2.89. The van der Waals surface area contributed by atoms with Crippen LogP contribution in [0.2, 0.25) is 10.0 Å². The molecule has 1 aromatic carbocycles. The van der Waals surface area contributed by atoms with Crippen molar-refractivity contribution in [2.24, 2.45) is 0 Å². The third kappa shape index (κ3) is 4.44. The Morgan fingerprint density at radius 3 is 2.29 bits per heavy atom. The highest BCUT2D eigenvalue weighted by molar-refractivity contribution is 7.89. The number of nitrogens with one attached hydrogen (secondary N) is 1. The molecule has 7 heteroatoms. The van der Waals surface area contributed by atoms with E-state index < -0.39 is 10.0 Å². The van der Waals surface area contributed by atoms with Crippen molar-refractivity contribution in [2.45, 2.75) is 17.9 Å². The first-order valence-corrected chi connectivity index (χ1v) is 7.07. The molecule has 1 unspecified atom stereocenters. The minimum atomic E-state index is -3.61. The topological polar surface area (TPSA) is 55.4 Å². The Morgan fingerprint density at radius 1 is 1.29 bits per heavy atom. The average Bonchev–Trinajstić information content (AvgIpc) is 2.24. The maximum absolute atomic E-state index is 11.9. The predicted molar refractivity (Wildman–Crippen MR) is 68.1 cm³/mol. The van der Waals surface area contributed by atoms with Crippen molar-refractivity contribution in [3.63, 3.8) is 0 Å². The Hall–Kier alpha value is -0.330. The van der Waals surface area contributed by atoms with Gasteiger partial charge in [-0.2, -0.15) is 0 Å². The van der Waals surface area contributed by atoms with Crippen molar-refractivity contribution in [1.29, 1.82) is 0 Å². The minimum absolute atomic E-state index is 0.0401. The zero-order valence-corrected chi connectivity index (χ0v) is 11.7. The molecule has 0 spiro atoms. The standard InChI is InChI=1S/C10H13Cl2NO3S/c1-7(16-2)6-13-17(14,15)10-4-8(11)3-9(12)5-10/h3-5,7,13H,6H2,1-2H3. The summed E-state index contributed by atoms with van der Waals surface area (Å²) in [6, 6.07) is 4.15. The van der Waals surface area contributed by atoms with Gasteiger partial charge in [0.15, 0.2) is 0 Å². The van der Waals surface area contributed by atoms with E-state index in [9.17, 15) is 8.42 Å². The van der Waals surface area contributed by atoms with Crippen molar-refractivity contribution < 1.29 is 13.2 Å². The summed E-state index contributed by atoms with van der Waals surface area (Å²) >= 11 is 11.5. The van der Waals surface area contributed by atoms with Crippen LogP contribution in [-0.4, -0.2) is 28.2 Å². The summed E-state index contributed by atoms with van der Waals surface area (Å²) in [5, 5.41) is 0.551. The van der Waals surface area contributed by atoms with E-state index in [1.165, 1.54) is 25.3 Å². The molecule has 1 rings (SSSR count). The van der Waals surface area contributed by atoms with E-state index in [1.807, 2.05) is 0 Å². The van der Waals surface area contributed by atoms with Gasteiger partial charge in [0, 0.05) is 23.7 Å². The summed E-state index contributed by atoms with van der Waals surface area (Å²) < 4.78 is 31.1. The number of sulfonamides is 1. The van der Waals surface area contributed by atoms with Crippen LogP contribution in [0.25, 0.3) is 0 Å². The monoisotopic (exact) mass is 297 g/mol. The lowest BCUT2D eigenvalue weighted by Gasteiger charge is -2.11. The number of hydrogen-bond acceptors (Lipinski definition) is 3. The molecule has 17 heavy (non-hydrogen) atoms. The second-order valence-corrected chi connectivity index (χ2v) is 6.14. The van der Waals surface area contributed by atoms with Crippen LogP contribution in [-0.2, 0) is 14.8 Å². The summed E-state index contributed by atoms with van der Waals surface area (Å²) in [6.07, 6.45) is -0.209. The summed E-state index contributed by atoms with van der Waals surface area (Å²) in [4.78, 5) is 0.0401. The normalized spacial score (nSPS) is 13.6. The molecule has 0 saturated heterocycles. The van der Waals surface area contributed by atoms with Crippen molar-refractivity contribution in [1.82, 2.24) is 4.72 Å². The third-order valence-corrected chi connectivity index (χ3v) is 3.95. The van der Waals surface area contributed by atoms with Crippen molar-refractivity contribution in [2.75, 3.05) is 13.7 Å². The Bertz CT molecular complexity index is 470. The van der Waals surface area contributed by atoms with Crippen LogP contribution in [0.1, 0.15) is 6.92 Å². The summed E-state index contributed by atoms with van der Waals surface area (Å²) in [7, 11) is -2.10. The molecule has 96 valence electrons. The number of ether oxygens (including phenoxy) is 1. The summed E-state index contributed by atoms with van der Waals surface area (Å²) in [5.41, 5.74) is 0. The zero-order valence-electron chi connectivity index (χ0n) is 9.41. The molecular formula is C10H13Cl2NO3S. The van der Waals surface area contributed by atoms with Gasteiger partial charge >= 0.3 is 0 Å². The molecule has 0 aromatic heterocycles. The van der Waals surface area contributed by atoms with Crippen molar-refractivity contribution in [3.05, 3.63) is 28.2 Å². The molecule has 0 saturated carbocycles. The Kier molecular flexibility index (Phi) is 5.22. The van der Waals surface area contributed by atoms with E-state index in [0.29, 0.717) is 0 Å². The van der Waals surface area contributed by atoms with E-state index in [2.05, 4.69) is 4.72 Å². The van der Waals surface area contributed by atoms with Gasteiger partial charge in [-0.25, -0.2) is 13.1 Å². The van der Waals surface area contributed by atoms with Crippen molar-refractivity contribution in [3.8, 4) is 0 Å². The van der Waals surface area contributed by atoms with E-state index in [0.717, 1.165) is 0 Å². The lowest BCUT2D eigenvalue weighted by molar-refractivity contribution is 0.122. The fourth-order valence-corrected chi connectivity index (χ4v) is 2.92. The predicted octanol–water partition coefficient (Wildman–Crippen LogP) is 2.31. The fourth-order valence-electron chi connectivity index (χ4n) is 1.08. The molecule has 4 nitrogen and oxygen atoms in total. The van der Waals surface area contributed by atoms with Crippen LogP contribution < -0.4 is 4.72 Å². The van der Waals surface area contributed by atoms with Gasteiger partial charge in [0.05, 0.1) is 11.0 Å². The lowest BCUT2D eigenvalue weighted by Crippen LogP contribution is -2.31. The van der Waals surface area contributed by atoms with E-state index in [1.54, 1.807) is 6.92 Å². The van der Waals surface area contributed by atoms with Gasteiger partial charge in [-0.15, -0.1) is 0 Å². The van der Waals surface area contributed by atoms with Gasteiger partial charge in [0.25, 0.3) is 0 Å². The zero-order chi connectivity index (χ0) is 13.1. The number of halogens is 2. The first kappa shape index (κ1) is 14.7. The first-order chi connectivity index (χ1) is 7.85. The van der Waals surface area contributed by atoms with E-state index in [4.69, 9.17) is 27.9 Å². The van der Waals surface area contributed by atoms with Crippen molar-refractivity contribution >= 4 is 33.2 Å². The molecule has 0 heterocycles. The SMILES string of the molecule is COC(C)CNS(=O)(=O)c1cc(Cl)cc(Cl)c1. The summed E-state index contributed by atoms with van der Waals surface area (Å²) in [6.45, 7) is 1.94. The minimum Gasteiger partial charge on any atom is -0.380 e. The Labute approximate surface area is 111 Å². The molecule has 0 radical (unpaired) electrons.